The third-order valence-corrected chi connectivity index (χ3v) is 7.65. The lowest BCUT2D eigenvalue weighted by atomic mass is 9.76. The van der Waals surface area contributed by atoms with E-state index in [1.54, 1.807) is 12.2 Å². The summed E-state index contributed by atoms with van der Waals surface area (Å²) < 4.78 is 12.8. The zero-order valence-corrected chi connectivity index (χ0v) is 21.1. The highest BCUT2D eigenvalue weighted by molar-refractivity contribution is 5.86. The van der Waals surface area contributed by atoms with Crippen molar-refractivity contribution in [3.05, 3.63) is 23.8 Å². The summed E-state index contributed by atoms with van der Waals surface area (Å²) in [5.74, 6) is -1.33. The van der Waals surface area contributed by atoms with Crippen molar-refractivity contribution in [3.8, 4) is 0 Å². The lowest BCUT2D eigenvalue weighted by Gasteiger charge is -2.54. The number of rotatable bonds is 9. The van der Waals surface area contributed by atoms with Crippen molar-refractivity contribution in [3.63, 3.8) is 0 Å². The third-order valence-electron chi connectivity index (χ3n) is 7.65. The van der Waals surface area contributed by atoms with Crippen molar-refractivity contribution in [1.82, 2.24) is 0 Å². The molecule has 2 aliphatic rings. The van der Waals surface area contributed by atoms with Crippen LogP contribution in [0.4, 0.5) is 0 Å². The molecule has 5 N–H and O–H groups in total. The largest absolute Gasteiger partial charge is 0.393 e. The Morgan fingerprint density at radius 3 is 2.36 bits per heavy atom. The molecule has 0 aromatic heterocycles. The molecule has 0 bridgehead atoms. The van der Waals surface area contributed by atoms with E-state index in [0.717, 1.165) is 12.0 Å². The third kappa shape index (κ3) is 7.36. The number of aliphatic hydroxyl groups excluding tert-OH is 3. The maximum atomic E-state index is 11.0. The van der Waals surface area contributed by atoms with Gasteiger partial charge in [-0.1, -0.05) is 46.8 Å². The number of primary amides is 1. The second kappa shape index (κ2) is 11.9. The number of carbonyl (C=O) groups is 1. The first-order valence-corrected chi connectivity index (χ1v) is 12.5. The summed E-state index contributed by atoms with van der Waals surface area (Å²) in [6.07, 6.45) is 5.65. The minimum atomic E-state index is -0.976. The first-order chi connectivity index (χ1) is 15.4. The zero-order valence-electron chi connectivity index (χ0n) is 21.1. The summed E-state index contributed by atoms with van der Waals surface area (Å²) in [7, 11) is 0. The molecule has 33 heavy (non-hydrogen) atoms. The van der Waals surface area contributed by atoms with Crippen molar-refractivity contribution in [2.75, 3.05) is 0 Å². The summed E-state index contributed by atoms with van der Waals surface area (Å²) in [6, 6.07) is 0. The number of ether oxygens (including phenoxy) is 2. The number of hydrogen-bond acceptors (Lipinski definition) is 6. The average molecular weight is 468 g/mol. The molecule has 2 heterocycles. The van der Waals surface area contributed by atoms with Crippen molar-refractivity contribution in [2.24, 2.45) is 29.4 Å². The lowest BCUT2D eigenvalue weighted by Crippen LogP contribution is -2.62. The molecule has 2 fully saturated rings. The van der Waals surface area contributed by atoms with Crippen LogP contribution in [0.25, 0.3) is 0 Å². The van der Waals surface area contributed by atoms with Crippen LogP contribution < -0.4 is 5.73 Å². The molecule has 7 heteroatoms. The fourth-order valence-electron chi connectivity index (χ4n) is 5.22. The first-order valence-electron chi connectivity index (χ1n) is 12.5. The monoisotopic (exact) mass is 467 g/mol. The number of amides is 1. The van der Waals surface area contributed by atoms with E-state index >= 15 is 0 Å². The van der Waals surface area contributed by atoms with Gasteiger partial charge in [-0.15, -0.1) is 0 Å². The molecule has 1 amide bonds. The summed E-state index contributed by atoms with van der Waals surface area (Å²) in [5.41, 5.74) is 6.02. The Balaban J connectivity index is 2.01. The number of nitrogens with two attached hydrogens (primary N) is 1. The lowest BCUT2D eigenvalue weighted by molar-refractivity contribution is -0.373. The van der Waals surface area contributed by atoms with Crippen LogP contribution in [-0.4, -0.2) is 57.5 Å². The molecule has 0 saturated carbocycles. The Bertz CT molecular complexity index is 695. The first kappa shape index (κ1) is 28.0. The van der Waals surface area contributed by atoms with Crippen LogP contribution >= 0.6 is 0 Å². The van der Waals surface area contributed by atoms with Gasteiger partial charge in [0.2, 0.25) is 5.91 Å². The Morgan fingerprint density at radius 2 is 1.79 bits per heavy atom. The molecule has 190 valence electrons. The van der Waals surface area contributed by atoms with Gasteiger partial charge in [-0.25, -0.2) is 0 Å². The van der Waals surface area contributed by atoms with Gasteiger partial charge >= 0.3 is 0 Å². The summed E-state index contributed by atoms with van der Waals surface area (Å²) in [4.78, 5) is 11.0. The zero-order chi connectivity index (χ0) is 24.9. The van der Waals surface area contributed by atoms with Crippen LogP contribution in [-0.2, 0) is 14.3 Å². The van der Waals surface area contributed by atoms with Crippen molar-refractivity contribution in [2.45, 2.75) is 110 Å². The van der Waals surface area contributed by atoms with E-state index in [2.05, 4.69) is 13.8 Å². The van der Waals surface area contributed by atoms with E-state index in [4.69, 9.17) is 15.2 Å². The van der Waals surface area contributed by atoms with Crippen molar-refractivity contribution in [1.29, 1.82) is 0 Å². The van der Waals surface area contributed by atoms with Crippen LogP contribution in [0.1, 0.15) is 73.6 Å². The van der Waals surface area contributed by atoms with Gasteiger partial charge in [0.15, 0.2) is 5.79 Å². The average Bonchev–Trinajstić information content (AvgIpc) is 2.72. The van der Waals surface area contributed by atoms with Gasteiger partial charge in [0.25, 0.3) is 0 Å². The van der Waals surface area contributed by atoms with Gasteiger partial charge in [-0.2, -0.15) is 0 Å². The van der Waals surface area contributed by atoms with Crippen LogP contribution in [0.2, 0.25) is 0 Å². The van der Waals surface area contributed by atoms with E-state index in [9.17, 15) is 20.1 Å². The Kier molecular flexibility index (Phi) is 10.1. The van der Waals surface area contributed by atoms with Gasteiger partial charge in [-0.05, 0) is 43.6 Å². The molecule has 0 radical (unpaired) electrons. The minimum absolute atomic E-state index is 0.0155. The predicted molar refractivity (Wildman–Crippen MR) is 128 cm³/mol. The van der Waals surface area contributed by atoms with E-state index in [1.807, 2.05) is 27.7 Å². The van der Waals surface area contributed by atoms with Crippen LogP contribution in [0, 0.1) is 23.7 Å². The molecule has 2 unspecified atom stereocenters. The minimum Gasteiger partial charge on any atom is -0.393 e. The van der Waals surface area contributed by atoms with E-state index in [-0.39, 0.29) is 35.9 Å². The van der Waals surface area contributed by atoms with Crippen molar-refractivity contribution >= 4 is 5.91 Å². The smallest absolute Gasteiger partial charge is 0.241 e. The highest BCUT2D eigenvalue weighted by Gasteiger charge is 2.54. The van der Waals surface area contributed by atoms with Crippen LogP contribution in [0.15, 0.2) is 23.8 Å². The Hall–Kier alpha value is -1.25. The van der Waals surface area contributed by atoms with Gasteiger partial charge in [0.05, 0.1) is 30.5 Å². The number of aliphatic hydroxyl groups is 3. The topological polar surface area (TPSA) is 122 Å². The maximum Gasteiger partial charge on any atom is 0.241 e. The molecule has 7 nitrogen and oxygen atoms in total. The maximum absolute atomic E-state index is 11.0. The molecular weight excluding hydrogens is 422 g/mol. The van der Waals surface area contributed by atoms with E-state index < -0.39 is 30.0 Å². The highest BCUT2D eigenvalue weighted by Crippen LogP contribution is 2.46. The molecule has 2 aliphatic heterocycles. The summed E-state index contributed by atoms with van der Waals surface area (Å²) in [6.45, 7) is 12.0. The Labute approximate surface area is 199 Å². The second-order valence-corrected chi connectivity index (χ2v) is 10.5. The quantitative estimate of drug-likeness (QED) is 0.305. The van der Waals surface area contributed by atoms with E-state index in [0.29, 0.717) is 25.7 Å². The van der Waals surface area contributed by atoms with Crippen molar-refractivity contribution < 1.29 is 29.6 Å². The normalized spacial score (nSPS) is 38.4. The standard InChI is InChI=1S/C26H45NO6/c1-7-20(8-9-25(27)31)12-21(28)11-15(2)10-16(3)24-13-22(29)18(5)26(33-24)14-23(30)17(4)19(6)32-26/h8-9,12,15-19,21-24,28-30H,7,10-11,13-14H2,1-6H3,(H2,27,31)/b9-8+,20-12+/t15?,16-,17+,18-,19+,21?,22-,23+,24-,26-/m0/s1. The van der Waals surface area contributed by atoms with Gasteiger partial charge in [0, 0.05) is 30.8 Å². The molecule has 0 aromatic rings. The van der Waals surface area contributed by atoms with Gasteiger partial charge < -0.3 is 30.5 Å². The second-order valence-electron chi connectivity index (χ2n) is 10.5. The number of allylic oxidation sites excluding steroid dienone is 2. The molecule has 10 atom stereocenters. The summed E-state index contributed by atoms with van der Waals surface area (Å²) in [5, 5.41) is 31.9. The fraction of sp³-hybridized carbons (Fsp3) is 0.808. The molecular formula is C26H45NO6. The van der Waals surface area contributed by atoms with Gasteiger partial charge in [-0.3, -0.25) is 4.79 Å². The fourth-order valence-corrected chi connectivity index (χ4v) is 5.22. The predicted octanol–water partition coefficient (Wildman–Crippen LogP) is 3.07. The molecule has 1 spiro atoms. The van der Waals surface area contributed by atoms with Crippen LogP contribution in [0.3, 0.4) is 0 Å². The summed E-state index contributed by atoms with van der Waals surface area (Å²) >= 11 is 0. The molecule has 0 aromatic carbocycles. The number of hydrogen-bond donors (Lipinski definition) is 4. The highest BCUT2D eigenvalue weighted by atomic mass is 16.7. The SMILES string of the molecule is CCC(/C=C/C(N)=O)=C\C(O)CC(C)C[C@H](C)[C@@H]1C[C@H](O)[C@H](C)[C@]2(C[C@@H](O)[C@H](C)[C@@H](C)O2)O1. The molecule has 0 aliphatic carbocycles. The van der Waals surface area contributed by atoms with Gasteiger partial charge in [0.1, 0.15) is 0 Å². The molecule has 2 rings (SSSR count). The molecule has 2 saturated heterocycles. The van der Waals surface area contributed by atoms with E-state index in [1.165, 1.54) is 6.08 Å². The van der Waals surface area contributed by atoms with Crippen LogP contribution in [0.5, 0.6) is 0 Å². The number of carbonyl (C=O) groups excluding carboxylic acids is 1. The Morgan fingerprint density at radius 1 is 1.12 bits per heavy atom.